The van der Waals surface area contributed by atoms with Crippen LogP contribution in [0.3, 0.4) is 0 Å². The van der Waals surface area contributed by atoms with Gasteiger partial charge in [-0.3, -0.25) is 4.79 Å². The fourth-order valence-electron chi connectivity index (χ4n) is 3.46. The van der Waals surface area contributed by atoms with Crippen LogP contribution in [0.5, 0.6) is 0 Å². The van der Waals surface area contributed by atoms with Gasteiger partial charge in [-0.15, -0.1) is 0 Å². The third-order valence-corrected chi connectivity index (χ3v) is 4.96. The van der Waals surface area contributed by atoms with E-state index in [9.17, 15) is 4.79 Å². The summed E-state index contributed by atoms with van der Waals surface area (Å²) < 4.78 is 1.73. The first-order valence-electron chi connectivity index (χ1n) is 8.63. The number of nitrogens with zero attached hydrogens (tertiary/aromatic N) is 4. The molecule has 25 heavy (non-hydrogen) atoms. The third-order valence-electron chi connectivity index (χ3n) is 4.96. The topological polar surface area (TPSA) is 72.2 Å². The van der Waals surface area contributed by atoms with Crippen molar-refractivity contribution in [2.24, 2.45) is 0 Å². The lowest BCUT2D eigenvalue weighted by Gasteiger charge is -2.10. The second kappa shape index (κ2) is 6.27. The van der Waals surface area contributed by atoms with Crippen LogP contribution in [0.4, 0.5) is 0 Å². The van der Waals surface area contributed by atoms with Crippen LogP contribution >= 0.6 is 0 Å². The van der Waals surface area contributed by atoms with E-state index in [-0.39, 0.29) is 11.9 Å². The van der Waals surface area contributed by atoms with Crippen molar-refractivity contribution in [2.45, 2.75) is 45.1 Å². The Morgan fingerprint density at radius 3 is 2.88 bits per heavy atom. The highest BCUT2D eigenvalue weighted by molar-refractivity contribution is 5.77. The lowest BCUT2D eigenvalue weighted by atomic mass is 10.1. The Labute approximate surface area is 146 Å². The maximum Gasteiger partial charge on any atom is 0.252 e. The number of benzene rings is 1. The predicted molar refractivity (Wildman–Crippen MR) is 94.3 cm³/mol. The number of aryl methyl sites for hydroxylation is 2. The van der Waals surface area contributed by atoms with Crippen molar-refractivity contribution < 1.29 is 4.79 Å². The number of amides is 1. The van der Waals surface area contributed by atoms with Gasteiger partial charge in [0.05, 0.1) is 0 Å². The molecule has 1 fully saturated rings. The van der Waals surface area contributed by atoms with Crippen LogP contribution in [-0.2, 0) is 11.2 Å². The zero-order valence-electron chi connectivity index (χ0n) is 14.4. The Morgan fingerprint density at radius 1 is 1.28 bits per heavy atom. The van der Waals surface area contributed by atoms with E-state index in [0.29, 0.717) is 24.5 Å². The number of nitrogens with one attached hydrogen (secondary N) is 1. The van der Waals surface area contributed by atoms with Crippen molar-refractivity contribution >= 4 is 11.7 Å². The first-order chi connectivity index (χ1) is 12.1. The summed E-state index contributed by atoms with van der Waals surface area (Å²) in [6.45, 7) is 3.96. The molecule has 1 aliphatic carbocycles. The molecular weight excluding hydrogens is 314 g/mol. The molecule has 1 saturated carbocycles. The van der Waals surface area contributed by atoms with Gasteiger partial charge < -0.3 is 5.32 Å². The highest BCUT2D eigenvalue weighted by atomic mass is 16.1. The lowest BCUT2D eigenvalue weighted by Crippen LogP contribution is -2.27. The molecule has 128 valence electrons. The molecule has 2 atom stereocenters. The summed E-state index contributed by atoms with van der Waals surface area (Å²) in [5.74, 6) is 1.16. The van der Waals surface area contributed by atoms with Gasteiger partial charge in [-0.25, -0.2) is 9.50 Å². The fourth-order valence-corrected chi connectivity index (χ4v) is 3.46. The van der Waals surface area contributed by atoms with Crippen LogP contribution in [0.25, 0.3) is 5.78 Å². The standard InChI is InChI=1S/C19H21N5O/c1-12-15(13(2)24-19(22-12)20-11-21-24)8-9-18(25)23-17-10-16(17)14-6-4-3-5-7-14/h3-7,11,16-17H,8-10H2,1-2H3,(H,23,25). The lowest BCUT2D eigenvalue weighted by molar-refractivity contribution is -0.121. The second-order valence-electron chi connectivity index (χ2n) is 6.66. The minimum absolute atomic E-state index is 0.0981. The quantitative estimate of drug-likeness (QED) is 0.777. The van der Waals surface area contributed by atoms with Gasteiger partial charge in [0.15, 0.2) is 0 Å². The Morgan fingerprint density at radius 2 is 2.08 bits per heavy atom. The van der Waals surface area contributed by atoms with Gasteiger partial charge in [0.25, 0.3) is 5.78 Å². The van der Waals surface area contributed by atoms with E-state index in [1.165, 1.54) is 11.9 Å². The Hall–Kier alpha value is -2.76. The number of carbonyl (C=O) groups excluding carboxylic acids is 1. The van der Waals surface area contributed by atoms with Crippen LogP contribution in [0, 0.1) is 13.8 Å². The Kier molecular flexibility index (Phi) is 3.95. The summed E-state index contributed by atoms with van der Waals surface area (Å²) in [5.41, 5.74) is 4.30. The van der Waals surface area contributed by atoms with Crippen LogP contribution in [0.15, 0.2) is 36.7 Å². The molecule has 0 spiro atoms. The summed E-state index contributed by atoms with van der Waals surface area (Å²) in [7, 11) is 0. The number of aromatic nitrogens is 4. The molecule has 1 aromatic carbocycles. The molecule has 1 aliphatic rings. The van der Waals surface area contributed by atoms with Crippen LogP contribution < -0.4 is 5.32 Å². The summed E-state index contributed by atoms with van der Waals surface area (Å²) in [5, 5.41) is 7.34. The maximum absolute atomic E-state index is 12.3. The van der Waals surface area contributed by atoms with E-state index in [1.807, 2.05) is 32.0 Å². The van der Waals surface area contributed by atoms with Gasteiger partial charge in [-0.05, 0) is 37.8 Å². The van der Waals surface area contributed by atoms with Crippen molar-refractivity contribution in [3.8, 4) is 0 Å². The molecule has 1 N–H and O–H groups in total. The molecule has 6 nitrogen and oxygen atoms in total. The first kappa shape index (κ1) is 15.7. The molecule has 2 aromatic heterocycles. The minimum atomic E-state index is 0.0981. The van der Waals surface area contributed by atoms with E-state index in [1.54, 1.807) is 4.52 Å². The molecule has 0 bridgehead atoms. The van der Waals surface area contributed by atoms with E-state index < -0.39 is 0 Å². The normalized spacial score (nSPS) is 19.1. The molecule has 4 rings (SSSR count). The highest BCUT2D eigenvalue weighted by Crippen LogP contribution is 2.40. The number of fused-ring (bicyclic) bond motifs is 1. The molecule has 0 radical (unpaired) electrons. The molecule has 6 heteroatoms. The van der Waals surface area contributed by atoms with Gasteiger partial charge in [-0.2, -0.15) is 10.1 Å². The molecule has 1 amide bonds. The molecule has 0 saturated heterocycles. The van der Waals surface area contributed by atoms with Crippen molar-refractivity contribution in [2.75, 3.05) is 0 Å². The molecule has 3 aromatic rings. The molecule has 2 unspecified atom stereocenters. The summed E-state index contributed by atoms with van der Waals surface area (Å²) >= 11 is 0. The summed E-state index contributed by atoms with van der Waals surface area (Å²) in [6.07, 6.45) is 3.65. The van der Waals surface area contributed by atoms with Gasteiger partial charge in [-0.1, -0.05) is 30.3 Å². The van der Waals surface area contributed by atoms with Crippen LogP contribution in [0.2, 0.25) is 0 Å². The van der Waals surface area contributed by atoms with Crippen molar-refractivity contribution in [1.82, 2.24) is 24.9 Å². The number of rotatable bonds is 5. The third kappa shape index (κ3) is 3.12. The SMILES string of the molecule is Cc1nc2ncnn2c(C)c1CCC(=O)NC1CC1c1ccccc1. The Balaban J connectivity index is 1.37. The summed E-state index contributed by atoms with van der Waals surface area (Å²) in [6, 6.07) is 10.6. The minimum Gasteiger partial charge on any atom is -0.353 e. The van der Waals surface area contributed by atoms with Gasteiger partial charge >= 0.3 is 0 Å². The molecular formula is C19H21N5O. The molecule has 0 aliphatic heterocycles. The number of hydrogen-bond acceptors (Lipinski definition) is 4. The average Bonchev–Trinajstić information content (AvgIpc) is 3.20. The smallest absolute Gasteiger partial charge is 0.252 e. The van der Waals surface area contributed by atoms with Crippen molar-refractivity contribution in [3.63, 3.8) is 0 Å². The number of carbonyl (C=O) groups is 1. The van der Waals surface area contributed by atoms with Crippen molar-refractivity contribution in [1.29, 1.82) is 0 Å². The zero-order valence-corrected chi connectivity index (χ0v) is 14.4. The van der Waals surface area contributed by atoms with Gasteiger partial charge in [0, 0.05) is 29.8 Å². The fraction of sp³-hybridized carbons (Fsp3) is 0.368. The van der Waals surface area contributed by atoms with Gasteiger partial charge in [0.2, 0.25) is 5.91 Å². The zero-order chi connectivity index (χ0) is 17.4. The average molecular weight is 335 g/mol. The second-order valence-corrected chi connectivity index (χ2v) is 6.66. The van der Waals surface area contributed by atoms with E-state index in [0.717, 1.165) is 23.4 Å². The molecule has 2 heterocycles. The maximum atomic E-state index is 12.3. The van der Waals surface area contributed by atoms with Crippen LogP contribution in [0.1, 0.15) is 41.3 Å². The van der Waals surface area contributed by atoms with Crippen molar-refractivity contribution in [3.05, 3.63) is 59.2 Å². The van der Waals surface area contributed by atoms with E-state index in [4.69, 9.17) is 0 Å². The van der Waals surface area contributed by atoms with E-state index >= 15 is 0 Å². The predicted octanol–water partition coefficient (Wildman–Crippen LogP) is 2.35. The van der Waals surface area contributed by atoms with Gasteiger partial charge in [0.1, 0.15) is 6.33 Å². The van der Waals surface area contributed by atoms with Crippen LogP contribution in [-0.4, -0.2) is 31.5 Å². The first-order valence-corrected chi connectivity index (χ1v) is 8.63. The highest BCUT2D eigenvalue weighted by Gasteiger charge is 2.39. The summed E-state index contributed by atoms with van der Waals surface area (Å²) in [4.78, 5) is 20.9. The largest absolute Gasteiger partial charge is 0.353 e. The Bertz CT molecular complexity index is 918. The van der Waals surface area contributed by atoms with E-state index in [2.05, 4.69) is 32.5 Å². The monoisotopic (exact) mass is 335 g/mol. The number of hydrogen-bond donors (Lipinski definition) is 1.